The monoisotopic (exact) mass is 394 g/mol. The molecule has 0 aliphatic carbocycles. The highest BCUT2D eigenvalue weighted by Gasteiger charge is 2.14. The van der Waals surface area contributed by atoms with Gasteiger partial charge in [0.2, 0.25) is 11.8 Å². The van der Waals surface area contributed by atoms with Crippen molar-refractivity contribution in [2.45, 2.75) is 25.9 Å². The first-order valence-electron chi connectivity index (χ1n) is 5.44. The summed E-state index contributed by atoms with van der Waals surface area (Å²) < 4.78 is 0. The topological polar surface area (TPSA) is 274 Å². The van der Waals surface area contributed by atoms with Crippen LogP contribution in [0, 0.1) is 0 Å². The summed E-state index contributed by atoms with van der Waals surface area (Å²) in [5.74, 6) is -3.84. The predicted molar refractivity (Wildman–Crippen MR) is 89.3 cm³/mol. The van der Waals surface area contributed by atoms with E-state index in [2.05, 4.69) is 10.6 Å². The Balaban J connectivity index is -0.000000301. The van der Waals surface area contributed by atoms with Crippen molar-refractivity contribution in [2.24, 2.45) is 0 Å². The van der Waals surface area contributed by atoms with Crippen LogP contribution >= 0.6 is 21.6 Å². The highest BCUT2D eigenvalue weighted by atomic mass is 33.1. The maximum atomic E-state index is 10.8. The summed E-state index contributed by atoms with van der Waals surface area (Å²) >= 11 is 0. The van der Waals surface area contributed by atoms with Gasteiger partial charge in [-0.2, -0.15) is 0 Å². The third kappa shape index (κ3) is 16.8. The van der Waals surface area contributed by atoms with E-state index in [0.29, 0.717) is 0 Å². The molecule has 0 fully saturated rings. The quantitative estimate of drug-likeness (QED) is 0.220. The normalized spacial score (nSPS) is 10.9. The van der Waals surface area contributed by atoms with E-state index in [1.807, 2.05) is 0 Å². The molecule has 0 saturated carbocycles. The molecule has 14 N–H and O–H groups in total. The van der Waals surface area contributed by atoms with Crippen LogP contribution in [0.25, 0.3) is 0 Å². The molecule has 0 spiro atoms. The minimum atomic E-state index is -1.42. The van der Waals surface area contributed by atoms with Crippen molar-refractivity contribution in [3.8, 4) is 0 Å². The molecule has 24 heavy (non-hydrogen) atoms. The van der Waals surface area contributed by atoms with E-state index in [4.69, 9.17) is 0 Å². The predicted octanol–water partition coefficient (Wildman–Crippen LogP) is -4.02. The number of nitrogens with one attached hydrogen (secondary N) is 2. The standard InChI is InChI=1S/C10H16N2O6S2.2H3N.2H2O/c1-5(13)11-7(9(15)16)3-19-20-4-8(10(17)18)12-6(2)14;;;;/h7-8H,3-4H2,1-2H3,(H,11,13)(H,12,14)(H,15,16)(H,17,18);2*1H3;2*1H2/t7-,8-;;;;/m0..../s1. The SMILES string of the molecule is CC(=O)N[C@@H](CSSC[C@H](NC(C)=O)C(=O)[O-])C(=O)[O-].O.O.[NH4+].[NH4+]. The largest absolute Gasteiger partial charge is 0.548 e. The van der Waals surface area contributed by atoms with Crippen molar-refractivity contribution in [1.29, 1.82) is 0 Å². The minimum Gasteiger partial charge on any atom is -0.548 e. The Bertz CT molecular complexity index is 363. The summed E-state index contributed by atoms with van der Waals surface area (Å²) in [5, 5.41) is 25.8. The number of carboxylic acids is 2. The van der Waals surface area contributed by atoms with Crippen molar-refractivity contribution in [3.05, 3.63) is 0 Å². The van der Waals surface area contributed by atoms with Gasteiger partial charge in [0, 0.05) is 25.4 Å². The highest BCUT2D eigenvalue weighted by Crippen LogP contribution is 2.22. The molecule has 0 aliphatic heterocycles. The molecule has 0 heterocycles. The number of carbonyl (C=O) groups is 4. The Hall–Kier alpha value is -1.58. The lowest BCUT2D eigenvalue weighted by Crippen LogP contribution is -2.49. The molecule has 0 bridgehead atoms. The zero-order valence-corrected chi connectivity index (χ0v) is 15.5. The van der Waals surface area contributed by atoms with Gasteiger partial charge < -0.3 is 53.7 Å². The molecular weight excluding hydrogens is 368 g/mol. The number of amides is 2. The molecule has 0 aromatic carbocycles. The molecule has 0 unspecified atom stereocenters. The van der Waals surface area contributed by atoms with Crippen LogP contribution in [-0.4, -0.2) is 58.3 Å². The van der Waals surface area contributed by atoms with Gasteiger partial charge in [-0.25, -0.2) is 0 Å². The summed E-state index contributed by atoms with van der Waals surface area (Å²) in [7, 11) is 2.09. The molecule has 14 heteroatoms. The van der Waals surface area contributed by atoms with Crippen LogP contribution in [0.1, 0.15) is 13.8 Å². The first kappa shape index (κ1) is 33.9. The summed E-state index contributed by atoms with van der Waals surface area (Å²) in [4.78, 5) is 42.9. The van der Waals surface area contributed by atoms with E-state index in [9.17, 15) is 29.4 Å². The lowest BCUT2D eigenvalue weighted by Gasteiger charge is -2.20. The first-order valence-corrected chi connectivity index (χ1v) is 7.93. The van der Waals surface area contributed by atoms with Gasteiger partial charge in [-0.15, -0.1) is 0 Å². The molecule has 146 valence electrons. The number of quaternary nitrogens is 2. The number of hydrogen-bond acceptors (Lipinski definition) is 8. The third-order valence-corrected chi connectivity index (χ3v) is 4.30. The van der Waals surface area contributed by atoms with Crippen LogP contribution < -0.4 is 33.1 Å². The van der Waals surface area contributed by atoms with Gasteiger partial charge in [-0.05, 0) is 0 Å². The van der Waals surface area contributed by atoms with Gasteiger partial charge in [0.1, 0.15) is 0 Å². The van der Waals surface area contributed by atoms with E-state index < -0.39 is 35.8 Å². The van der Waals surface area contributed by atoms with Gasteiger partial charge in [0.05, 0.1) is 24.0 Å². The Labute approximate surface area is 146 Å². The molecule has 2 amide bonds. The molecule has 2 atom stereocenters. The van der Waals surface area contributed by atoms with Crippen LogP contribution in [0.4, 0.5) is 0 Å². The number of hydrogen-bond donors (Lipinski definition) is 4. The first-order chi connectivity index (χ1) is 9.23. The maximum Gasteiger partial charge on any atom is 0.217 e. The molecule has 0 saturated heterocycles. The van der Waals surface area contributed by atoms with Gasteiger partial charge in [-0.3, -0.25) is 9.59 Å². The fourth-order valence-electron chi connectivity index (χ4n) is 1.06. The molecule has 0 aromatic rings. The van der Waals surface area contributed by atoms with Crippen molar-refractivity contribution in [1.82, 2.24) is 22.9 Å². The summed E-state index contributed by atoms with van der Waals surface area (Å²) in [5.41, 5.74) is 0. The second-order valence-electron chi connectivity index (χ2n) is 3.71. The molecular formula is C10H26N4O8S2. The molecule has 0 rings (SSSR count). The number of carboxylic acid groups (broad SMARTS) is 2. The average Bonchev–Trinajstić information content (AvgIpc) is 2.29. The zero-order valence-electron chi connectivity index (χ0n) is 13.8. The van der Waals surface area contributed by atoms with E-state index in [-0.39, 0.29) is 34.8 Å². The smallest absolute Gasteiger partial charge is 0.217 e. The Morgan fingerprint density at radius 3 is 1.21 bits per heavy atom. The van der Waals surface area contributed by atoms with E-state index in [1.165, 1.54) is 13.8 Å². The van der Waals surface area contributed by atoms with Crippen LogP contribution in [0.5, 0.6) is 0 Å². The fraction of sp³-hybridized carbons (Fsp3) is 0.600. The zero-order chi connectivity index (χ0) is 15.7. The average molecular weight is 394 g/mol. The maximum absolute atomic E-state index is 10.8. The number of carbonyl (C=O) groups excluding carboxylic acids is 4. The minimum absolute atomic E-state index is 0. The van der Waals surface area contributed by atoms with Crippen LogP contribution in [0.15, 0.2) is 0 Å². The van der Waals surface area contributed by atoms with Crippen LogP contribution in [0.2, 0.25) is 0 Å². The van der Waals surface area contributed by atoms with Gasteiger partial charge >= 0.3 is 0 Å². The second kappa shape index (κ2) is 17.8. The Morgan fingerprint density at radius 2 is 1.04 bits per heavy atom. The summed E-state index contributed by atoms with van der Waals surface area (Å²) in [6.45, 7) is 2.35. The van der Waals surface area contributed by atoms with E-state index >= 15 is 0 Å². The van der Waals surface area contributed by atoms with Gasteiger partial charge in [0.25, 0.3) is 0 Å². The molecule has 12 nitrogen and oxygen atoms in total. The van der Waals surface area contributed by atoms with Crippen molar-refractivity contribution in [2.75, 3.05) is 11.5 Å². The van der Waals surface area contributed by atoms with Gasteiger partial charge in [-0.1, -0.05) is 21.6 Å². The fourth-order valence-corrected chi connectivity index (χ4v) is 3.36. The molecule has 0 aliphatic rings. The van der Waals surface area contributed by atoms with Gasteiger partial charge in [0.15, 0.2) is 0 Å². The highest BCUT2D eigenvalue weighted by molar-refractivity contribution is 8.76. The summed E-state index contributed by atoms with van der Waals surface area (Å²) in [6, 6.07) is -2.32. The number of rotatable bonds is 9. The lowest BCUT2D eigenvalue weighted by molar-refractivity contribution is -0.308. The van der Waals surface area contributed by atoms with Crippen molar-refractivity contribution >= 4 is 45.3 Å². The number of aliphatic carboxylic acids is 2. The van der Waals surface area contributed by atoms with E-state index in [0.717, 1.165) is 21.6 Å². The van der Waals surface area contributed by atoms with E-state index in [1.54, 1.807) is 0 Å². The van der Waals surface area contributed by atoms with Crippen molar-refractivity contribution < 1.29 is 40.3 Å². The lowest BCUT2D eigenvalue weighted by atomic mass is 10.3. The Morgan fingerprint density at radius 1 is 0.792 bits per heavy atom. The third-order valence-electron chi connectivity index (χ3n) is 1.88. The second-order valence-corrected chi connectivity index (χ2v) is 6.27. The van der Waals surface area contributed by atoms with Crippen LogP contribution in [0.3, 0.4) is 0 Å². The molecule has 0 radical (unpaired) electrons. The molecule has 0 aromatic heterocycles. The Kier molecular flexibility index (Phi) is 25.1. The summed E-state index contributed by atoms with van der Waals surface area (Å²) in [6.07, 6.45) is 0. The van der Waals surface area contributed by atoms with Crippen molar-refractivity contribution in [3.63, 3.8) is 0 Å². The van der Waals surface area contributed by atoms with Crippen LogP contribution in [-0.2, 0) is 19.2 Å².